The van der Waals surface area contributed by atoms with Gasteiger partial charge in [-0.25, -0.2) is 8.42 Å². The Morgan fingerprint density at radius 1 is 0.909 bits per heavy atom. The number of hydrogen-bond acceptors (Lipinski definition) is 2. The highest BCUT2D eigenvalue weighted by atomic mass is 35.5. The second kappa shape index (κ2) is 8.60. The molecule has 1 unspecified atom stereocenters. The monoisotopic (exact) mass is 475 g/mol. The molecular formula is C28H26ClNO2S. The minimum Gasteiger partial charge on any atom is -0.207 e. The SMILES string of the molecule is Cc1ccc(S(=O)(=O)N2C/C(=C(\Cl)c3ccccc3)C3(C=C(c4ccccc4)CC3)C2)cc1. The maximum Gasteiger partial charge on any atom is 0.243 e. The van der Waals surface area contributed by atoms with Crippen molar-refractivity contribution in [2.45, 2.75) is 24.7 Å². The van der Waals surface area contributed by atoms with Gasteiger partial charge in [-0.05, 0) is 54.2 Å². The highest BCUT2D eigenvalue weighted by Gasteiger charge is 2.48. The molecule has 1 aliphatic heterocycles. The zero-order chi connectivity index (χ0) is 23.1. The fraction of sp³-hybridized carbons (Fsp3) is 0.214. The van der Waals surface area contributed by atoms with E-state index in [4.69, 9.17) is 11.6 Å². The maximum atomic E-state index is 13.6. The first kappa shape index (κ1) is 22.1. The number of rotatable bonds is 4. The van der Waals surface area contributed by atoms with Crippen molar-refractivity contribution in [1.82, 2.24) is 4.31 Å². The van der Waals surface area contributed by atoms with E-state index in [0.29, 0.717) is 23.0 Å². The van der Waals surface area contributed by atoms with E-state index < -0.39 is 15.4 Å². The van der Waals surface area contributed by atoms with Crippen LogP contribution in [0.4, 0.5) is 0 Å². The Kier molecular flexibility index (Phi) is 5.77. The van der Waals surface area contributed by atoms with Gasteiger partial charge in [0, 0.05) is 23.5 Å². The van der Waals surface area contributed by atoms with Crippen LogP contribution < -0.4 is 0 Å². The number of sulfonamides is 1. The minimum atomic E-state index is -3.64. The van der Waals surface area contributed by atoms with E-state index in [1.807, 2.05) is 67.6 Å². The Balaban J connectivity index is 1.61. The first-order chi connectivity index (χ1) is 15.9. The third-order valence-corrected chi connectivity index (χ3v) is 9.03. The van der Waals surface area contributed by atoms with Crippen molar-refractivity contribution >= 4 is 32.2 Å². The Morgan fingerprint density at radius 3 is 2.21 bits per heavy atom. The molecule has 1 spiro atoms. The van der Waals surface area contributed by atoms with E-state index in [1.165, 1.54) is 11.1 Å². The molecule has 0 saturated carbocycles. The molecule has 3 aromatic rings. The standard InChI is InChI=1S/C28H26ClNO2S/c1-21-12-14-25(15-13-21)33(31,32)30-19-26(27(29)23-10-6-3-7-11-23)28(20-30)17-16-24(18-28)22-8-4-2-5-9-22/h2-15,18H,16-17,19-20H2,1H3/b27-26+. The van der Waals surface area contributed by atoms with Gasteiger partial charge >= 0.3 is 0 Å². The van der Waals surface area contributed by atoms with Crippen molar-refractivity contribution in [2.75, 3.05) is 13.1 Å². The van der Waals surface area contributed by atoms with Gasteiger partial charge in [0.2, 0.25) is 10.0 Å². The largest absolute Gasteiger partial charge is 0.243 e. The minimum absolute atomic E-state index is 0.294. The van der Waals surface area contributed by atoms with Gasteiger partial charge in [0.1, 0.15) is 0 Å². The molecule has 0 bridgehead atoms. The molecule has 1 saturated heterocycles. The van der Waals surface area contributed by atoms with Gasteiger partial charge in [-0.1, -0.05) is 96.0 Å². The fourth-order valence-corrected chi connectivity index (χ4v) is 6.81. The molecule has 5 rings (SSSR count). The van der Waals surface area contributed by atoms with E-state index in [1.54, 1.807) is 16.4 Å². The van der Waals surface area contributed by atoms with Crippen molar-refractivity contribution in [3.63, 3.8) is 0 Å². The normalized spacial score (nSPS) is 22.5. The first-order valence-electron chi connectivity index (χ1n) is 11.2. The van der Waals surface area contributed by atoms with E-state index in [-0.39, 0.29) is 0 Å². The first-order valence-corrected chi connectivity index (χ1v) is 13.0. The molecule has 0 N–H and O–H groups in total. The van der Waals surface area contributed by atoms with Crippen molar-refractivity contribution in [3.05, 3.63) is 113 Å². The molecule has 5 heteroatoms. The van der Waals surface area contributed by atoms with E-state index in [9.17, 15) is 8.42 Å². The lowest BCUT2D eigenvalue weighted by atomic mass is 9.81. The lowest BCUT2D eigenvalue weighted by Crippen LogP contribution is -2.31. The van der Waals surface area contributed by atoms with Gasteiger partial charge in [0.25, 0.3) is 0 Å². The predicted octanol–water partition coefficient (Wildman–Crippen LogP) is 6.51. The molecule has 0 amide bonds. The molecule has 1 heterocycles. The summed E-state index contributed by atoms with van der Waals surface area (Å²) in [6.07, 6.45) is 4.01. The summed E-state index contributed by atoms with van der Waals surface area (Å²) in [4.78, 5) is 0.325. The lowest BCUT2D eigenvalue weighted by molar-refractivity contribution is 0.404. The van der Waals surface area contributed by atoms with Gasteiger partial charge in [-0.3, -0.25) is 0 Å². The third kappa shape index (κ3) is 4.08. The maximum absolute atomic E-state index is 13.6. The van der Waals surface area contributed by atoms with Crippen LogP contribution >= 0.6 is 11.6 Å². The molecule has 168 valence electrons. The molecule has 2 aliphatic rings. The van der Waals surface area contributed by atoms with Gasteiger partial charge < -0.3 is 0 Å². The summed E-state index contributed by atoms with van der Waals surface area (Å²) in [6, 6.07) is 27.2. The second-order valence-electron chi connectivity index (χ2n) is 8.94. The molecule has 33 heavy (non-hydrogen) atoms. The van der Waals surface area contributed by atoms with Gasteiger partial charge in [0.05, 0.1) is 4.90 Å². The Morgan fingerprint density at radius 2 is 1.55 bits per heavy atom. The van der Waals surface area contributed by atoms with Crippen LogP contribution in [-0.4, -0.2) is 25.8 Å². The number of aryl methyl sites for hydroxylation is 1. The smallest absolute Gasteiger partial charge is 0.207 e. The summed E-state index contributed by atoms with van der Waals surface area (Å²) in [7, 11) is -3.64. The number of benzene rings is 3. The van der Waals surface area contributed by atoms with Crippen molar-refractivity contribution in [3.8, 4) is 0 Å². The number of nitrogens with zero attached hydrogens (tertiary/aromatic N) is 1. The van der Waals surface area contributed by atoms with Crippen molar-refractivity contribution in [2.24, 2.45) is 5.41 Å². The molecule has 1 atom stereocenters. The Labute approximate surface area is 201 Å². The van der Waals surface area contributed by atoms with Crippen LogP contribution in [0.2, 0.25) is 0 Å². The quantitative estimate of drug-likeness (QED) is 0.431. The van der Waals surface area contributed by atoms with Gasteiger partial charge in [-0.15, -0.1) is 0 Å². The third-order valence-electron chi connectivity index (χ3n) is 6.78. The van der Waals surface area contributed by atoms with Crippen LogP contribution in [0.1, 0.15) is 29.5 Å². The summed E-state index contributed by atoms with van der Waals surface area (Å²) in [5.41, 5.74) is 4.97. The van der Waals surface area contributed by atoms with Crippen molar-refractivity contribution < 1.29 is 8.42 Å². The molecule has 0 radical (unpaired) electrons. The van der Waals surface area contributed by atoms with Crippen LogP contribution in [0.3, 0.4) is 0 Å². The zero-order valence-corrected chi connectivity index (χ0v) is 20.1. The summed E-state index contributed by atoms with van der Waals surface area (Å²) in [6.45, 7) is 2.65. The summed E-state index contributed by atoms with van der Waals surface area (Å²) in [5, 5.41) is 0.655. The van der Waals surface area contributed by atoms with Crippen LogP contribution in [0.25, 0.3) is 10.6 Å². The summed E-state index contributed by atoms with van der Waals surface area (Å²) < 4.78 is 28.8. The fourth-order valence-electron chi connectivity index (χ4n) is 4.95. The van der Waals surface area contributed by atoms with Crippen LogP contribution in [0.5, 0.6) is 0 Å². The van der Waals surface area contributed by atoms with Crippen LogP contribution in [-0.2, 0) is 10.0 Å². The Bertz CT molecular complexity index is 1330. The zero-order valence-electron chi connectivity index (χ0n) is 18.5. The van der Waals surface area contributed by atoms with Crippen molar-refractivity contribution in [1.29, 1.82) is 0 Å². The average Bonchev–Trinajstić information content (AvgIpc) is 3.45. The molecular weight excluding hydrogens is 450 g/mol. The molecule has 3 nitrogen and oxygen atoms in total. The van der Waals surface area contributed by atoms with Crippen LogP contribution in [0.15, 0.2) is 101 Å². The van der Waals surface area contributed by atoms with E-state index in [2.05, 4.69) is 18.2 Å². The topological polar surface area (TPSA) is 37.4 Å². The van der Waals surface area contributed by atoms with Gasteiger partial charge in [0.15, 0.2) is 0 Å². The predicted molar refractivity (Wildman–Crippen MR) is 135 cm³/mol. The summed E-state index contributed by atoms with van der Waals surface area (Å²) >= 11 is 6.99. The summed E-state index contributed by atoms with van der Waals surface area (Å²) in [5.74, 6) is 0. The Hall–Kier alpha value is -2.66. The highest BCUT2D eigenvalue weighted by Crippen LogP contribution is 2.53. The molecule has 3 aromatic carbocycles. The molecule has 1 aliphatic carbocycles. The molecule has 1 fully saturated rings. The van der Waals surface area contributed by atoms with E-state index >= 15 is 0 Å². The highest BCUT2D eigenvalue weighted by molar-refractivity contribution is 7.89. The number of allylic oxidation sites excluding steroid dienone is 1. The number of halogens is 1. The van der Waals surface area contributed by atoms with Crippen LogP contribution in [0, 0.1) is 12.3 Å². The average molecular weight is 476 g/mol. The van der Waals surface area contributed by atoms with E-state index in [0.717, 1.165) is 29.5 Å². The van der Waals surface area contributed by atoms with Gasteiger partial charge in [-0.2, -0.15) is 4.31 Å². The number of hydrogen-bond donors (Lipinski definition) is 0. The second-order valence-corrected chi connectivity index (χ2v) is 11.3. The lowest BCUT2D eigenvalue weighted by Gasteiger charge is -2.24. The molecule has 0 aromatic heterocycles.